The van der Waals surface area contributed by atoms with Crippen LogP contribution in [0.5, 0.6) is 0 Å². The highest BCUT2D eigenvalue weighted by Gasteiger charge is 2.67. The van der Waals surface area contributed by atoms with E-state index in [2.05, 4.69) is 0 Å². The first-order chi connectivity index (χ1) is 7.50. The van der Waals surface area contributed by atoms with Crippen LogP contribution in [0.25, 0.3) is 0 Å². The fourth-order valence-corrected chi connectivity index (χ4v) is 3.25. The number of methoxy groups -OCH3 is 2. The zero-order valence-electron chi connectivity index (χ0n) is 9.49. The molecule has 0 aromatic rings. The summed E-state index contributed by atoms with van der Waals surface area (Å²) in [5.74, 6) is -0.738. The quantitative estimate of drug-likeness (QED) is 0.686. The molecule has 0 aromatic heterocycles. The minimum Gasteiger partial charge on any atom is -0.469 e. The van der Waals surface area contributed by atoms with Crippen LogP contribution in [0.1, 0.15) is 25.7 Å². The Labute approximate surface area is 93.7 Å². The van der Waals surface area contributed by atoms with E-state index in [1.54, 1.807) is 0 Å². The van der Waals surface area contributed by atoms with Crippen LogP contribution < -0.4 is 0 Å². The number of hydrogen-bond donors (Lipinski definition) is 1. The minimum atomic E-state index is -0.886. The summed E-state index contributed by atoms with van der Waals surface area (Å²) in [5.41, 5.74) is -1.56. The van der Waals surface area contributed by atoms with E-state index >= 15 is 0 Å². The van der Waals surface area contributed by atoms with Gasteiger partial charge in [-0.15, -0.1) is 0 Å². The van der Waals surface area contributed by atoms with Crippen molar-refractivity contribution in [2.75, 3.05) is 14.2 Å². The summed E-state index contributed by atoms with van der Waals surface area (Å²) >= 11 is 0. The van der Waals surface area contributed by atoms with Crippen molar-refractivity contribution in [3.05, 3.63) is 0 Å². The maximum absolute atomic E-state index is 11.7. The van der Waals surface area contributed by atoms with E-state index < -0.39 is 22.9 Å². The van der Waals surface area contributed by atoms with Gasteiger partial charge in [0, 0.05) is 0 Å². The molecule has 0 aliphatic heterocycles. The number of aliphatic hydroxyl groups excluding tert-OH is 1. The summed E-state index contributed by atoms with van der Waals surface area (Å²) in [6.07, 6.45) is 0.935. The molecule has 0 heterocycles. The largest absolute Gasteiger partial charge is 0.469 e. The predicted molar refractivity (Wildman–Crippen MR) is 53.4 cm³/mol. The van der Waals surface area contributed by atoms with Gasteiger partial charge in [0.2, 0.25) is 0 Å². The zero-order valence-corrected chi connectivity index (χ0v) is 9.49. The molecule has 5 heteroatoms. The number of hydrogen-bond acceptors (Lipinski definition) is 5. The van der Waals surface area contributed by atoms with E-state index in [-0.39, 0.29) is 5.97 Å². The molecule has 0 amide bonds. The summed E-state index contributed by atoms with van der Waals surface area (Å²) in [6, 6.07) is 0. The monoisotopic (exact) mass is 228 g/mol. The van der Waals surface area contributed by atoms with Gasteiger partial charge in [-0.2, -0.15) is 0 Å². The van der Waals surface area contributed by atoms with Crippen LogP contribution in [-0.2, 0) is 19.1 Å². The molecular weight excluding hydrogens is 212 g/mol. The molecule has 2 aliphatic carbocycles. The van der Waals surface area contributed by atoms with E-state index in [0.717, 1.165) is 0 Å². The first-order valence-corrected chi connectivity index (χ1v) is 5.36. The second-order valence-corrected chi connectivity index (χ2v) is 4.82. The molecule has 2 rings (SSSR count). The lowest BCUT2D eigenvalue weighted by Gasteiger charge is -2.29. The van der Waals surface area contributed by atoms with Gasteiger partial charge in [0.1, 0.15) is 0 Å². The van der Waals surface area contributed by atoms with Crippen LogP contribution >= 0.6 is 0 Å². The predicted octanol–water partition coefficient (Wildman–Crippen LogP) is 0.254. The molecule has 0 radical (unpaired) electrons. The molecule has 0 saturated heterocycles. The average molecular weight is 228 g/mol. The van der Waals surface area contributed by atoms with Gasteiger partial charge < -0.3 is 14.6 Å². The third-order valence-corrected chi connectivity index (χ3v) is 4.14. The molecule has 3 atom stereocenters. The molecule has 16 heavy (non-hydrogen) atoms. The lowest BCUT2D eigenvalue weighted by Crippen LogP contribution is -2.39. The molecular formula is C11H16O5. The Morgan fingerprint density at radius 1 is 1.19 bits per heavy atom. The van der Waals surface area contributed by atoms with Crippen LogP contribution in [-0.4, -0.2) is 37.4 Å². The van der Waals surface area contributed by atoms with Gasteiger partial charge in [-0.25, -0.2) is 0 Å². The number of carbonyl (C=O) groups excluding carboxylic acids is 2. The number of rotatable bonds is 2. The molecule has 2 saturated carbocycles. The Morgan fingerprint density at radius 2 is 1.81 bits per heavy atom. The van der Waals surface area contributed by atoms with Crippen LogP contribution in [0.4, 0.5) is 0 Å². The molecule has 3 unspecified atom stereocenters. The highest BCUT2D eigenvalue weighted by Crippen LogP contribution is 2.62. The first kappa shape index (κ1) is 11.4. The molecule has 2 fully saturated rings. The lowest BCUT2D eigenvalue weighted by atomic mass is 9.80. The molecule has 0 aromatic carbocycles. The second-order valence-electron chi connectivity index (χ2n) is 4.82. The SMILES string of the molecule is COC(=O)C12CCC(C(=O)OC)(C1)C(O)C2. The van der Waals surface area contributed by atoms with Gasteiger partial charge >= 0.3 is 11.9 Å². The van der Waals surface area contributed by atoms with Crippen molar-refractivity contribution in [3.8, 4) is 0 Å². The lowest BCUT2D eigenvalue weighted by molar-refractivity contribution is -0.159. The van der Waals surface area contributed by atoms with Crippen LogP contribution in [0, 0.1) is 10.8 Å². The first-order valence-electron chi connectivity index (χ1n) is 5.36. The van der Waals surface area contributed by atoms with Gasteiger partial charge in [-0.05, 0) is 25.7 Å². The smallest absolute Gasteiger partial charge is 0.314 e. The number of fused-ring (bicyclic) bond motifs is 2. The van der Waals surface area contributed by atoms with Crippen molar-refractivity contribution >= 4 is 11.9 Å². The van der Waals surface area contributed by atoms with Crippen molar-refractivity contribution in [1.29, 1.82) is 0 Å². The number of esters is 2. The van der Waals surface area contributed by atoms with Crippen molar-refractivity contribution in [2.24, 2.45) is 10.8 Å². The summed E-state index contributed by atoms with van der Waals surface area (Å²) in [7, 11) is 2.64. The fraction of sp³-hybridized carbons (Fsp3) is 0.818. The van der Waals surface area contributed by atoms with Crippen molar-refractivity contribution in [2.45, 2.75) is 31.8 Å². The van der Waals surface area contributed by atoms with E-state index in [1.807, 2.05) is 0 Å². The summed E-state index contributed by atoms with van der Waals surface area (Å²) < 4.78 is 9.49. The number of aliphatic hydroxyl groups is 1. The molecule has 1 N–H and O–H groups in total. The molecule has 5 nitrogen and oxygen atoms in total. The maximum Gasteiger partial charge on any atom is 0.314 e. The van der Waals surface area contributed by atoms with Crippen LogP contribution in [0.2, 0.25) is 0 Å². The molecule has 2 bridgehead atoms. The third-order valence-electron chi connectivity index (χ3n) is 4.14. The normalized spacial score (nSPS) is 40.8. The zero-order chi connectivity index (χ0) is 12.0. The Hall–Kier alpha value is -1.10. The molecule has 90 valence electrons. The Morgan fingerprint density at radius 3 is 2.31 bits per heavy atom. The highest BCUT2D eigenvalue weighted by molar-refractivity contribution is 5.85. The van der Waals surface area contributed by atoms with Crippen molar-refractivity contribution < 1.29 is 24.2 Å². The van der Waals surface area contributed by atoms with E-state index in [4.69, 9.17) is 9.47 Å². The van der Waals surface area contributed by atoms with Crippen molar-refractivity contribution in [3.63, 3.8) is 0 Å². The number of carbonyl (C=O) groups is 2. The van der Waals surface area contributed by atoms with Gasteiger partial charge in [-0.3, -0.25) is 9.59 Å². The third kappa shape index (κ3) is 1.21. The van der Waals surface area contributed by atoms with Gasteiger partial charge in [0.15, 0.2) is 0 Å². The van der Waals surface area contributed by atoms with Crippen LogP contribution in [0.15, 0.2) is 0 Å². The fourth-order valence-electron chi connectivity index (χ4n) is 3.25. The summed E-state index contributed by atoms with van der Waals surface area (Å²) in [6.45, 7) is 0. The van der Waals surface area contributed by atoms with Gasteiger partial charge in [0.25, 0.3) is 0 Å². The Kier molecular flexibility index (Phi) is 2.45. The minimum absolute atomic E-state index is 0.300. The van der Waals surface area contributed by atoms with E-state index in [0.29, 0.717) is 25.7 Å². The van der Waals surface area contributed by atoms with Crippen molar-refractivity contribution in [1.82, 2.24) is 0 Å². The molecule has 0 spiro atoms. The van der Waals surface area contributed by atoms with E-state index in [9.17, 15) is 14.7 Å². The Bertz CT molecular complexity index is 339. The highest BCUT2D eigenvalue weighted by atomic mass is 16.5. The number of ether oxygens (including phenoxy) is 2. The summed E-state index contributed by atoms with van der Waals surface area (Å²) in [5, 5.41) is 9.97. The van der Waals surface area contributed by atoms with Crippen LogP contribution in [0.3, 0.4) is 0 Å². The van der Waals surface area contributed by atoms with Gasteiger partial charge in [-0.1, -0.05) is 0 Å². The van der Waals surface area contributed by atoms with Gasteiger partial charge in [0.05, 0.1) is 31.2 Å². The maximum atomic E-state index is 11.7. The standard InChI is InChI=1S/C11H16O5/c1-15-8(13)10-3-4-11(6-10,7(12)5-10)9(14)16-2/h7,12H,3-6H2,1-2H3. The Balaban J connectivity index is 2.30. The second kappa shape index (κ2) is 3.45. The van der Waals surface area contributed by atoms with E-state index in [1.165, 1.54) is 14.2 Å². The average Bonchev–Trinajstić information content (AvgIpc) is 2.81. The molecule has 2 aliphatic rings. The topological polar surface area (TPSA) is 72.8 Å². The summed E-state index contributed by atoms with van der Waals surface area (Å²) in [4.78, 5) is 23.4.